The summed E-state index contributed by atoms with van der Waals surface area (Å²) in [5.41, 5.74) is 9.78. The van der Waals surface area contributed by atoms with E-state index >= 15 is 0 Å². The molecule has 0 aromatic rings. The highest BCUT2D eigenvalue weighted by atomic mass is 16.3. The van der Waals surface area contributed by atoms with Crippen molar-refractivity contribution in [2.45, 2.75) is 41.2 Å². The summed E-state index contributed by atoms with van der Waals surface area (Å²) in [4.78, 5) is 18.8. The molecule has 0 radical (unpaired) electrons. The third kappa shape index (κ3) is 77.6. The van der Waals surface area contributed by atoms with Crippen LogP contribution in [0.5, 0.6) is 0 Å². The number of carbonyl (C=O) groups is 2. The van der Waals surface area contributed by atoms with Gasteiger partial charge in [0.2, 0.25) is 0 Å². The molecule has 5 nitrogen and oxygen atoms in total. The first-order chi connectivity index (χ1) is 7.91. The number of nitrogens with two attached hydrogens (primary N) is 2. The summed E-state index contributed by atoms with van der Waals surface area (Å²) >= 11 is 0. The van der Waals surface area contributed by atoms with Crippen LogP contribution in [0.4, 0.5) is 0 Å². The Bertz CT molecular complexity index is 189. The Balaban J connectivity index is -0.0000000299. The molecule has 0 aromatic carbocycles. The Morgan fingerprint density at radius 3 is 1.69 bits per heavy atom. The van der Waals surface area contributed by atoms with E-state index in [4.69, 9.17) is 20.7 Å². The van der Waals surface area contributed by atoms with Crippen molar-refractivity contribution in [3.05, 3.63) is 0 Å². The molecule has 0 heterocycles. The van der Waals surface area contributed by atoms with Crippen molar-refractivity contribution < 1.29 is 18.8 Å². The second-order valence-electron chi connectivity index (χ2n) is 1.98. The third-order valence-corrected chi connectivity index (χ3v) is 0.600. The van der Waals surface area contributed by atoms with Crippen LogP contribution in [-0.4, -0.2) is 36.4 Å². The lowest BCUT2D eigenvalue weighted by Crippen LogP contribution is -2.25. The fourth-order valence-electron chi connectivity index (χ4n) is 0.0430. The minimum Gasteiger partial charge on any atom is -0.394 e. The number of rotatable bonds is 3. The smallest absolute Gasteiger partial charge is 0.139 e. The highest BCUT2D eigenvalue weighted by Crippen LogP contribution is 1.60. The number of hydrogen-bond acceptors (Lipinski definition) is 5. The lowest BCUT2D eigenvalue weighted by Gasteiger charge is -1.90. The maximum Gasteiger partial charge on any atom is 0.139 e. The molecule has 0 fully saturated rings. The lowest BCUT2D eigenvalue weighted by molar-refractivity contribution is -0.109. The second-order valence-corrected chi connectivity index (χ2v) is 1.98. The van der Waals surface area contributed by atoms with Gasteiger partial charge < -0.3 is 26.2 Å². The van der Waals surface area contributed by atoms with Crippen LogP contribution in [0.2, 0.25) is 0 Å². The first-order valence-corrected chi connectivity index (χ1v) is 3.40. The van der Waals surface area contributed by atoms with E-state index in [1.54, 1.807) is 6.92 Å². The number of hydrogen-bond donors (Lipinski definition) is 3. The molecule has 0 bridgehead atoms. The molecule has 0 aromatic heterocycles. The van der Waals surface area contributed by atoms with Gasteiger partial charge in [0, 0.05) is 2.74 Å². The van der Waals surface area contributed by atoms with Gasteiger partial charge in [-0.2, -0.15) is 0 Å². The van der Waals surface area contributed by atoms with E-state index in [-0.39, 0.29) is 34.9 Å². The molecule has 0 saturated heterocycles. The van der Waals surface area contributed by atoms with Crippen LogP contribution < -0.4 is 11.5 Å². The summed E-state index contributed by atoms with van der Waals surface area (Å²) in [5, 5.41) is 7.98. The summed E-state index contributed by atoms with van der Waals surface area (Å²) in [6, 6.07) is -0.986. The zero-order valence-corrected chi connectivity index (χ0v) is 8.22. The molecular weight excluding hydrogens is 208 g/mol. The van der Waals surface area contributed by atoms with Crippen molar-refractivity contribution in [1.29, 1.82) is 0 Å². The molecule has 0 amide bonds. The molecule has 100 valence electrons. The third-order valence-electron chi connectivity index (χ3n) is 0.600. The van der Waals surface area contributed by atoms with E-state index < -0.39 is 6.04 Å². The fourth-order valence-corrected chi connectivity index (χ4v) is 0.0430. The van der Waals surface area contributed by atoms with Crippen LogP contribution in [0, 0.1) is 12.8 Å². The molecule has 0 aliphatic rings. The normalized spacial score (nSPS) is 11.3. The predicted molar refractivity (Wildman–Crippen MR) is 70.9 cm³/mol. The monoisotopic (exact) mass is 242 g/mol. The van der Waals surface area contributed by atoms with E-state index in [0.717, 1.165) is 0 Å². The first kappa shape index (κ1) is 20.2. The molecule has 0 saturated carbocycles. The van der Waals surface area contributed by atoms with Crippen molar-refractivity contribution >= 4 is 12.6 Å². The lowest BCUT2D eigenvalue weighted by atomic mass is 10.4. The van der Waals surface area contributed by atoms with Crippen LogP contribution in [0.3, 0.4) is 0 Å². The number of aldehydes is 2. The van der Waals surface area contributed by atoms with Crippen LogP contribution in [0.15, 0.2) is 0 Å². The maximum atomic E-state index is 9.45. The molecular formula is C11H28N2O3. The summed E-state index contributed by atoms with van der Waals surface area (Å²) in [6.07, 6.45) is 6.96. The van der Waals surface area contributed by atoms with E-state index in [9.17, 15) is 9.59 Å². The highest BCUT2D eigenvalue weighted by Gasteiger charge is 1.90. The number of aliphatic hydroxyl groups excluding tert-OH is 1. The van der Waals surface area contributed by atoms with Gasteiger partial charge in [0.1, 0.15) is 13.9 Å². The summed E-state index contributed by atoms with van der Waals surface area (Å²) in [7, 11) is -0.250. The SMILES string of the molecule is C.C.C[C@@H](N)C=O.N[C@@H](C=O)CO.[3H]C#C.[3H]C[3H]. The zero-order chi connectivity index (χ0) is 14.7. The van der Waals surface area contributed by atoms with Gasteiger partial charge in [0.15, 0.2) is 0 Å². The molecule has 5 N–H and O–H groups in total. The molecule has 0 aliphatic heterocycles. The average molecular weight is 242 g/mol. The van der Waals surface area contributed by atoms with Crippen molar-refractivity contribution in [3.8, 4) is 12.8 Å². The van der Waals surface area contributed by atoms with Crippen molar-refractivity contribution in [2.24, 2.45) is 11.5 Å². The Labute approximate surface area is 104 Å². The Kier molecular flexibility index (Phi) is 47.0. The quantitative estimate of drug-likeness (QED) is 0.484. The van der Waals surface area contributed by atoms with Crippen LogP contribution >= 0.6 is 0 Å². The van der Waals surface area contributed by atoms with Crippen LogP contribution in [0.25, 0.3) is 0 Å². The molecule has 2 atom stereocenters. The summed E-state index contributed by atoms with van der Waals surface area (Å²) in [5.74, 6) is 0. The molecule has 0 unspecified atom stereocenters. The minimum absolute atomic E-state index is 0. The predicted octanol–water partition coefficient (Wildman–Crippen LogP) is 0.195. The van der Waals surface area contributed by atoms with Gasteiger partial charge in [0.05, 0.1) is 18.7 Å². The minimum atomic E-state index is -0.690. The van der Waals surface area contributed by atoms with Gasteiger partial charge in [-0.3, -0.25) is 0 Å². The van der Waals surface area contributed by atoms with Gasteiger partial charge in [-0.15, -0.1) is 12.8 Å². The topological polar surface area (TPSA) is 106 Å². The molecule has 5 heteroatoms. The molecule has 0 rings (SSSR count). The van der Waals surface area contributed by atoms with E-state index in [2.05, 4.69) is 6.42 Å². The average Bonchev–Trinajstić information content (AvgIpc) is 2.30. The van der Waals surface area contributed by atoms with Gasteiger partial charge in [-0.1, -0.05) is 22.2 Å². The summed E-state index contributed by atoms with van der Waals surface area (Å²) < 4.78 is 17.5. The summed E-state index contributed by atoms with van der Waals surface area (Å²) in [6.45, 7) is 1.37. The second kappa shape index (κ2) is 37.2. The zero-order valence-electron chi connectivity index (χ0n) is 11.2. The molecule has 0 spiro atoms. The maximum absolute atomic E-state index is 9.45. The van der Waals surface area contributed by atoms with Crippen LogP contribution in [-0.2, 0) is 9.59 Å². The van der Waals surface area contributed by atoms with Crippen LogP contribution in [0.1, 0.15) is 33.3 Å². The number of terminal acetylenes is 1. The Morgan fingerprint density at radius 1 is 1.44 bits per heavy atom. The van der Waals surface area contributed by atoms with Crippen molar-refractivity contribution in [3.63, 3.8) is 0 Å². The fraction of sp³-hybridized carbons (Fsp3) is 0.636. The van der Waals surface area contributed by atoms with E-state index in [1.165, 1.54) is 6.40 Å². The van der Waals surface area contributed by atoms with Gasteiger partial charge in [-0.25, -0.2) is 0 Å². The molecule has 0 aliphatic carbocycles. The van der Waals surface area contributed by atoms with E-state index in [0.29, 0.717) is 12.6 Å². The van der Waals surface area contributed by atoms with Gasteiger partial charge in [0.25, 0.3) is 0 Å². The number of carbonyl (C=O) groups excluding carboxylic acids is 2. The van der Waals surface area contributed by atoms with Gasteiger partial charge >= 0.3 is 0 Å². The Hall–Kier alpha value is -1.22. The van der Waals surface area contributed by atoms with Crippen molar-refractivity contribution in [1.82, 2.24) is 0 Å². The number of aliphatic hydroxyl groups is 1. The van der Waals surface area contributed by atoms with Gasteiger partial charge in [-0.05, 0) is 6.92 Å². The molecule has 16 heavy (non-hydrogen) atoms. The Morgan fingerprint density at radius 2 is 1.69 bits per heavy atom. The first-order valence-electron chi connectivity index (χ1n) is 5.31. The standard InChI is InChI=1S/C3H7NO2.C3H7NO.C2H2.3CH4/c4-3(1-5)2-6;1-3(4)2-5;1-2;;;/h1,3,6H,2,4H2;2-3H,4H2,1H3;1-2H;3*1H4/t2*3-;;;;/m01..../s1/i;;1T;1T2;;. The largest absolute Gasteiger partial charge is 0.394 e. The van der Waals surface area contributed by atoms with E-state index in [1.807, 2.05) is 0 Å². The highest BCUT2D eigenvalue weighted by molar-refractivity contribution is 5.56. The van der Waals surface area contributed by atoms with Crippen molar-refractivity contribution in [2.75, 3.05) is 6.61 Å².